The molecule has 2 aromatic rings. The van der Waals surface area contributed by atoms with Crippen LogP contribution in [0.1, 0.15) is 55.4 Å². The molecule has 0 radical (unpaired) electrons. The first-order valence-electron chi connectivity index (χ1n) is 11.4. The summed E-state index contributed by atoms with van der Waals surface area (Å²) in [6, 6.07) is 12.5. The number of halogens is 1. The first-order valence-corrected chi connectivity index (χ1v) is 13.1. The lowest BCUT2D eigenvalue weighted by atomic mass is 9.77. The normalized spacial score (nSPS) is 23.9. The maximum absolute atomic E-state index is 12.7. The van der Waals surface area contributed by atoms with Crippen LogP contribution in [0.2, 0.25) is 0 Å². The van der Waals surface area contributed by atoms with E-state index in [2.05, 4.69) is 44.3 Å². The Balaban J connectivity index is 1.33. The van der Waals surface area contributed by atoms with Gasteiger partial charge in [-0.1, -0.05) is 12.8 Å². The summed E-state index contributed by atoms with van der Waals surface area (Å²) in [6.07, 6.45) is 8.99. The van der Waals surface area contributed by atoms with Crippen molar-refractivity contribution in [3.8, 4) is 6.07 Å². The fourth-order valence-electron chi connectivity index (χ4n) is 5.21. The number of nitriles is 1. The molecule has 1 saturated heterocycles. The van der Waals surface area contributed by atoms with Gasteiger partial charge in [-0.05, 0) is 90.2 Å². The van der Waals surface area contributed by atoms with Gasteiger partial charge in [0, 0.05) is 39.5 Å². The minimum atomic E-state index is 0.161. The highest BCUT2D eigenvalue weighted by Crippen LogP contribution is 2.34. The summed E-state index contributed by atoms with van der Waals surface area (Å²) in [5.74, 6) is 1.41. The van der Waals surface area contributed by atoms with Crippen LogP contribution >= 0.6 is 27.3 Å². The molecule has 3 atom stereocenters. The Bertz CT molecular complexity index is 920. The van der Waals surface area contributed by atoms with Gasteiger partial charge >= 0.3 is 0 Å². The van der Waals surface area contributed by atoms with Crippen LogP contribution in [0.5, 0.6) is 0 Å². The summed E-state index contributed by atoms with van der Waals surface area (Å²) in [5, 5.41) is 14.5. The number of amides is 1. The van der Waals surface area contributed by atoms with E-state index in [0.29, 0.717) is 29.9 Å². The zero-order valence-electron chi connectivity index (χ0n) is 17.9. The van der Waals surface area contributed by atoms with E-state index in [0.717, 1.165) is 28.9 Å². The quantitative estimate of drug-likeness (QED) is 0.537. The summed E-state index contributed by atoms with van der Waals surface area (Å²) < 4.78 is 1.06. The molecule has 164 valence electrons. The average Bonchev–Trinajstić information content (AvgIpc) is 3.19. The van der Waals surface area contributed by atoms with E-state index in [-0.39, 0.29) is 5.91 Å². The minimum Gasteiger partial charge on any atom is -0.371 e. The summed E-state index contributed by atoms with van der Waals surface area (Å²) >= 11 is 5.11. The molecule has 1 aliphatic heterocycles. The van der Waals surface area contributed by atoms with Gasteiger partial charge in [-0.2, -0.15) is 5.26 Å². The van der Waals surface area contributed by atoms with Gasteiger partial charge in [-0.3, -0.25) is 4.79 Å². The van der Waals surface area contributed by atoms with Crippen LogP contribution in [0.3, 0.4) is 0 Å². The molecule has 4 nitrogen and oxygen atoms in total. The molecule has 1 aromatic carbocycles. The van der Waals surface area contributed by atoms with E-state index in [1.54, 1.807) is 11.3 Å². The lowest BCUT2D eigenvalue weighted by Gasteiger charge is -2.39. The number of anilines is 1. The Morgan fingerprint density at radius 2 is 2.00 bits per heavy atom. The standard InChI is InChI=1S/C25H30BrN3OS/c26-21-13-23(31-17-21)14-25(30)28-24-6-2-1-5-20(24)12-19-4-3-11-29(16-19)22-9-7-18(15-27)8-10-22/h7-10,13,17,19-20,24H,1-6,11-12,14,16H2,(H,28,30)/t19-,20+,24-/m1/s1. The Labute approximate surface area is 197 Å². The Hall–Kier alpha value is -1.84. The molecule has 6 heteroatoms. The zero-order valence-corrected chi connectivity index (χ0v) is 20.3. The van der Waals surface area contributed by atoms with Gasteiger partial charge in [0.25, 0.3) is 0 Å². The zero-order chi connectivity index (χ0) is 21.6. The first kappa shape index (κ1) is 22.4. The van der Waals surface area contributed by atoms with Gasteiger partial charge in [0.2, 0.25) is 5.91 Å². The molecule has 0 unspecified atom stereocenters. The van der Waals surface area contributed by atoms with Crippen LogP contribution in [0.25, 0.3) is 0 Å². The molecule has 1 saturated carbocycles. The molecule has 2 fully saturated rings. The maximum atomic E-state index is 12.7. The number of hydrogen-bond donors (Lipinski definition) is 1. The number of carbonyl (C=O) groups excluding carboxylic acids is 1. The second-order valence-electron chi connectivity index (χ2n) is 8.98. The number of nitrogens with one attached hydrogen (secondary N) is 1. The minimum absolute atomic E-state index is 0.161. The molecular formula is C25H30BrN3OS. The van der Waals surface area contributed by atoms with Crippen LogP contribution in [0.4, 0.5) is 5.69 Å². The molecule has 2 heterocycles. The molecule has 1 amide bonds. The van der Waals surface area contributed by atoms with E-state index < -0.39 is 0 Å². The fraction of sp³-hybridized carbons (Fsp3) is 0.520. The van der Waals surface area contributed by atoms with Crippen molar-refractivity contribution < 1.29 is 4.79 Å². The van der Waals surface area contributed by atoms with Gasteiger partial charge in [0.15, 0.2) is 0 Å². The lowest BCUT2D eigenvalue weighted by Crippen LogP contribution is -2.44. The van der Waals surface area contributed by atoms with Crippen molar-refractivity contribution in [3.63, 3.8) is 0 Å². The summed E-state index contributed by atoms with van der Waals surface area (Å²) in [4.78, 5) is 16.3. The number of rotatable bonds is 6. The first-order chi connectivity index (χ1) is 15.1. The van der Waals surface area contributed by atoms with Crippen LogP contribution in [-0.4, -0.2) is 25.0 Å². The third kappa shape index (κ3) is 6.11. The van der Waals surface area contributed by atoms with E-state index in [1.807, 2.05) is 23.6 Å². The number of benzene rings is 1. The van der Waals surface area contributed by atoms with Gasteiger partial charge in [0.1, 0.15) is 0 Å². The van der Waals surface area contributed by atoms with Crippen molar-refractivity contribution in [1.82, 2.24) is 5.32 Å². The fourth-order valence-corrected chi connectivity index (χ4v) is 6.66. The summed E-state index contributed by atoms with van der Waals surface area (Å²) in [7, 11) is 0. The monoisotopic (exact) mass is 499 g/mol. The molecule has 1 N–H and O–H groups in total. The molecule has 31 heavy (non-hydrogen) atoms. The highest BCUT2D eigenvalue weighted by Gasteiger charge is 2.30. The molecule has 1 aromatic heterocycles. The van der Waals surface area contributed by atoms with Crippen LogP contribution < -0.4 is 10.2 Å². The number of hydrogen-bond acceptors (Lipinski definition) is 4. The third-order valence-electron chi connectivity index (χ3n) is 6.73. The lowest BCUT2D eigenvalue weighted by molar-refractivity contribution is -0.121. The van der Waals surface area contributed by atoms with E-state index in [9.17, 15) is 4.79 Å². The smallest absolute Gasteiger partial charge is 0.225 e. The second kappa shape index (κ2) is 10.7. The van der Waals surface area contributed by atoms with Gasteiger partial charge in [-0.25, -0.2) is 0 Å². The largest absolute Gasteiger partial charge is 0.371 e. The molecule has 4 rings (SSSR count). The Morgan fingerprint density at radius 1 is 1.19 bits per heavy atom. The topological polar surface area (TPSA) is 56.1 Å². The summed E-state index contributed by atoms with van der Waals surface area (Å²) in [6.45, 7) is 2.16. The molecule has 2 aliphatic rings. The number of nitrogens with zero attached hydrogens (tertiary/aromatic N) is 2. The van der Waals surface area contributed by atoms with Gasteiger partial charge in [0.05, 0.1) is 18.1 Å². The van der Waals surface area contributed by atoms with Crippen LogP contribution in [-0.2, 0) is 11.2 Å². The van der Waals surface area contributed by atoms with Crippen molar-refractivity contribution in [2.45, 2.75) is 57.4 Å². The third-order valence-corrected chi connectivity index (χ3v) is 8.43. The summed E-state index contributed by atoms with van der Waals surface area (Å²) in [5.41, 5.74) is 1.94. The van der Waals surface area contributed by atoms with E-state index in [1.165, 1.54) is 44.2 Å². The van der Waals surface area contributed by atoms with E-state index in [4.69, 9.17) is 5.26 Å². The highest BCUT2D eigenvalue weighted by atomic mass is 79.9. The van der Waals surface area contributed by atoms with Gasteiger partial charge < -0.3 is 10.2 Å². The van der Waals surface area contributed by atoms with Crippen molar-refractivity contribution >= 4 is 38.9 Å². The van der Waals surface area contributed by atoms with Crippen molar-refractivity contribution in [3.05, 3.63) is 50.6 Å². The molecular weight excluding hydrogens is 470 g/mol. The molecule has 0 spiro atoms. The van der Waals surface area contributed by atoms with Gasteiger partial charge in [-0.15, -0.1) is 11.3 Å². The maximum Gasteiger partial charge on any atom is 0.225 e. The number of piperidine rings is 1. The average molecular weight is 501 g/mol. The van der Waals surface area contributed by atoms with Crippen molar-refractivity contribution in [1.29, 1.82) is 5.26 Å². The predicted octanol–water partition coefficient (Wildman–Crippen LogP) is 5.91. The SMILES string of the molecule is N#Cc1ccc(N2CCC[C@H](C[C@@H]3CCCC[C@H]3NC(=O)Cc3cc(Br)cs3)C2)cc1. The highest BCUT2D eigenvalue weighted by molar-refractivity contribution is 9.10. The number of thiophene rings is 1. The van der Waals surface area contributed by atoms with E-state index >= 15 is 0 Å². The van der Waals surface area contributed by atoms with Crippen LogP contribution in [0.15, 0.2) is 40.2 Å². The predicted molar refractivity (Wildman–Crippen MR) is 130 cm³/mol. The van der Waals surface area contributed by atoms with Crippen molar-refractivity contribution in [2.75, 3.05) is 18.0 Å². The second-order valence-corrected chi connectivity index (χ2v) is 10.9. The Kier molecular flexibility index (Phi) is 7.68. The Morgan fingerprint density at radius 3 is 2.74 bits per heavy atom. The molecule has 0 bridgehead atoms. The number of carbonyl (C=O) groups is 1. The van der Waals surface area contributed by atoms with Crippen LogP contribution in [0, 0.1) is 23.2 Å². The molecule has 1 aliphatic carbocycles. The van der Waals surface area contributed by atoms with Crippen molar-refractivity contribution in [2.24, 2.45) is 11.8 Å².